The molecular weight excluding hydrogens is 530 g/mol. The molecular formula is C26H30ClN5O3S2. The molecule has 2 fully saturated rings. The Bertz CT molecular complexity index is 1250. The number of likely N-dealkylation sites (tertiary alicyclic amines) is 1. The number of rotatable bonds is 8. The van der Waals surface area contributed by atoms with Crippen molar-refractivity contribution in [2.75, 3.05) is 31.1 Å². The van der Waals surface area contributed by atoms with Crippen LogP contribution < -0.4 is 4.90 Å². The second-order valence-electron chi connectivity index (χ2n) is 9.95. The van der Waals surface area contributed by atoms with Gasteiger partial charge >= 0.3 is 5.97 Å². The largest absolute Gasteiger partial charge is 0.481 e. The minimum Gasteiger partial charge on any atom is -0.481 e. The zero-order valence-corrected chi connectivity index (χ0v) is 23.1. The number of hydrogen-bond donors (Lipinski definition) is 1. The van der Waals surface area contributed by atoms with Gasteiger partial charge in [0.15, 0.2) is 5.78 Å². The summed E-state index contributed by atoms with van der Waals surface area (Å²) in [6.45, 7) is 6.52. The number of hydrogen-bond acceptors (Lipinski definition) is 9. The second-order valence-corrected chi connectivity index (χ2v) is 12.5. The number of halogens is 1. The zero-order chi connectivity index (χ0) is 25.9. The lowest BCUT2D eigenvalue weighted by Gasteiger charge is -2.30. The maximum absolute atomic E-state index is 13.1. The van der Waals surface area contributed by atoms with E-state index in [4.69, 9.17) is 16.6 Å². The Morgan fingerprint density at radius 3 is 2.62 bits per heavy atom. The van der Waals surface area contributed by atoms with Gasteiger partial charge in [0.25, 0.3) is 0 Å². The van der Waals surface area contributed by atoms with Crippen LogP contribution in [0.4, 0.5) is 5.82 Å². The predicted octanol–water partition coefficient (Wildman–Crippen LogP) is 5.27. The molecule has 0 bridgehead atoms. The highest BCUT2D eigenvalue weighted by Crippen LogP contribution is 2.36. The molecule has 3 aromatic heterocycles. The van der Waals surface area contributed by atoms with Crippen LogP contribution in [-0.2, 0) is 17.8 Å². The van der Waals surface area contributed by atoms with Crippen molar-refractivity contribution in [3.8, 4) is 10.6 Å². The number of nitrogens with zero attached hydrogens (tertiary/aromatic N) is 5. The molecule has 2 saturated heterocycles. The summed E-state index contributed by atoms with van der Waals surface area (Å²) in [6, 6.07) is 1.94. The summed E-state index contributed by atoms with van der Waals surface area (Å²) in [5, 5.41) is 12.6. The van der Waals surface area contributed by atoms with E-state index in [1.807, 2.05) is 16.3 Å². The first kappa shape index (κ1) is 26.2. The number of thiophene rings is 1. The van der Waals surface area contributed by atoms with Gasteiger partial charge in [-0.15, -0.1) is 22.7 Å². The molecule has 196 valence electrons. The van der Waals surface area contributed by atoms with Crippen LogP contribution in [0.25, 0.3) is 10.6 Å². The molecule has 5 heterocycles. The fourth-order valence-electron chi connectivity index (χ4n) is 5.06. The molecule has 1 N–H and O–H groups in total. The van der Waals surface area contributed by atoms with Crippen LogP contribution in [0.5, 0.6) is 0 Å². The number of Topliss-reactive ketones (excluding diaryl/α,β-unsaturated/α-hetero) is 1. The Kier molecular flexibility index (Phi) is 8.18. The van der Waals surface area contributed by atoms with Crippen LogP contribution in [0, 0.1) is 11.8 Å². The standard InChI is InChI=1S/C26H30ClN5O3S2/c1-16-3-2-6-31(13-16)14-22-25(21-9-18(27)15-36-21)30-24(37-22)10-20(33)19-11-29-23(12-28-19)32-7-4-17(5-8-32)26(34)35/h9,11-12,15-17H,2-8,10,13-14H2,1H3,(H,34,35)/t16-/m1/s1. The summed E-state index contributed by atoms with van der Waals surface area (Å²) in [5.41, 5.74) is 1.24. The quantitative estimate of drug-likeness (QED) is 0.372. The van der Waals surface area contributed by atoms with Crippen LogP contribution in [-0.4, -0.2) is 62.9 Å². The fourth-order valence-corrected chi connectivity index (χ4v) is 7.34. The number of carbonyl (C=O) groups excluding carboxylic acids is 1. The normalized spacial score (nSPS) is 19.3. The van der Waals surface area contributed by atoms with Crippen LogP contribution >= 0.6 is 34.3 Å². The van der Waals surface area contributed by atoms with Crippen molar-refractivity contribution < 1.29 is 14.7 Å². The van der Waals surface area contributed by atoms with E-state index in [1.165, 1.54) is 23.9 Å². The average Bonchev–Trinajstić information content (AvgIpc) is 3.49. The van der Waals surface area contributed by atoms with Gasteiger partial charge in [0.2, 0.25) is 0 Å². The third-order valence-electron chi connectivity index (χ3n) is 7.05. The highest BCUT2D eigenvalue weighted by Gasteiger charge is 2.26. The first-order valence-electron chi connectivity index (χ1n) is 12.6. The number of thiazole rings is 1. The molecule has 5 rings (SSSR count). The molecule has 1 atom stereocenters. The highest BCUT2D eigenvalue weighted by atomic mass is 35.5. The second kappa shape index (κ2) is 11.6. The number of carboxylic acid groups (broad SMARTS) is 1. The van der Waals surface area contributed by atoms with E-state index in [-0.39, 0.29) is 18.1 Å². The Morgan fingerprint density at radius 1 is 1.16 bits per heavy atom. The molecule has 8 nitrogen and oxygen atoms in total. The van der Waals surface area contributed by atoms with Crippen molar-refractivity contribution in [3.63, 3.8) is 0 Å². The van der Waals surface area contributed by atoms with Crippen molar-refractivity contribution in [1.29, 1.82) is 0 Å². The third kappa shape index (κ3) is 6.37. The Balaban J connectivity index is 1.28. The Labute approximate surface area is 229 Å². The third-order valence-corrected chi connectivity index (χ3v) is 9.38. The first-order chi connectivity index (χ1) is 17.9. The Morgan fingerprint density at radius 2 is 1.97 bits per heavy atom. The van der Waals surface area contributed by atoms with E-state index in [2.05, 4.69) is 21.8 Å². The Hall–Kier alpha value is -2.40. The van der Waals surface area contributed by atoms with E-state index in [1.54, 1.807) is 28.9 Å². The van der Waals surface area contributed by atoms with Gasteiger partial charge in [-0.05, 0) is 44.2 Å². The molecule has 0 unspecified atom stereocenters. The van der Waals surface area contributed by atoms with E-state index >= 15 is 0 Å². The summed E-state index contributed by atoms with van der Waals surface area (Å²) in [7, 11) is 0. The lowest BCUT2D eigenvalue weighted by Crippen LogP contribution is -2.36. The van der Waals surface area contributed by atoms with Gasteiger partial charge in [-0.25, -0.2) is 15.0 Å². The van der Waals surface area contributed by atoms with Crippen LogP contribution in [0.1, 0.15) is 53.0 Å². The summed E-state index contributed by atoms with van der Waals surface area (Å²) < 4.78 is 0. The first-order valence-corrected chi connectivity index (χ1v) is 14.7. The van der Waals surface area contributed by atoms with Crippen LogP contribution in [0.15, 0.2) is 23.8 Å². The van der Waals surface area contributed by atoms with Crippen molar-refractivity contribution in [2.45, 2.75) is 45.6 Å². The molecule has 2 aliphatic heterocycles. The monoisotopic (exact) mass is 559 g/mol. The molecule has 0 aliphatic carbocycles. The van der Waals surface area contributed by atoms with E-state index in [0.717, 1.165) is 35.2 Å². The minimum atomic E-state index is -0.743. The van der Waals surface area contributed by atoms with Gasteiger partial charge in [0, 0.05) is 36.4 Å². The SMILES string of the molecule is C[C@@H]1CCCN(Cc2sc(CC(=O)c3cnc(N4CCC(C(=O)O)CC4)cn3)nc2-c2cc(Cl)cs2)C1. The van der Waals surface area contributed by atoms with E-state index in [9.17, 15) is 14.7 Å². The number of carboxylic acids is 1. The van der Waals surface area contributed by atoms with Gasteiger partial charge in [0.1, 0.15) is 16.5 Å². The molecule has 3 aromatic rings. The number of aliphatic carboxylic acids is 1. The van der Waals surface area contributed by atoms with E-state index in [0.29, 0.717) is 48.4 Å². The fraction of sp³-hybridized carbons (Fsp3) is 0.500. The van der Waals surface area contributed by atoms with Crippen molar-refractivity contribution in [3.05, 3.63) is 44.4 Å². The topological polar surface area (TPSA) is 99.5 Å². The number of carbonyl (C=O) groups is 2. The number of anilines is 1. The number of piperidine rings is 2. The molecule has 0 radical (unpaired) electrons. The lowest BCUT2D eigenvalue weighted by atomic mass is 9.97. The smallest absolute Gasteiger partial charge is 0.306 e. The molecule has 0 aromatic carbocycles. The van der Waals surface area contributed by atoms with Crippen molar-refractivity contribution >= 4 is 51.8 Å². The van der Waals surface area contributed by atoms with Gasteiger partial charge in [0.05, 0.1) is 40.3 Å². The summed E-state index contributed by atoms with van der Waals surface area (Å²) in [4.78, 5) is 44.7. The average molecular weight is 560 g/mol. The summed E-state index contributed by atoms with van der Waals surface area (Å²) >= 11 is 9.38. The predicted molar refractivity (Wildman–Crippen MR) is 147 cm³/mol. The van der Waals surface area contributed by atoms with Crippen molar-refractivity contribution in [1.82, 2.24) is 19.9 Å². The molecule has 0 spiro atoms. The van der Waals surface area contributed by atoms with Gasteiger partial charge in [-0.1, -0.05) is 18.5 Å². The van der Waals surface area contributed by atoms with Gasteiger partial charge in [-0.2, -0.15) is 0 Å². The number of aromatic nitrogens is 3. The number of ketones is 1. The maximum atomic E-state index is 13.1. The van der Waals surface area contributed by atoms with Crippen molar-refractivity contribution in [2.24, 2.45) is 11.8 Å². The van der Waals surface area contributed by atoms with Gasteiger partial charge in [-0.3, -0.25) is 14.5 Å². The molecule has 0 saturated carbocycles. The lowest BCUT2D eigenvalue weighted by molar-refractivity contribution is -0.142. The highest BCUT2D eigenvalue weighted by molar-refractivity contribution is 7.15. The molecule has 2 aliphatic rings. The van der Waals surface area contributed by atoms with Gasteiger partial charge < -0.3 is 10.0 Å². The van der Waals surface area contributed by atoms with E-state index < -0.39 is 5.97 Å². The maximum Gasteiger partial charge on any atom is 0.306 e. The van der Waals surface area contributed by atoms with Crippen LogP contribution in [0.2, 0.25) is 5.02 Å². The molecule has 0 amide bonds. The zero-order valence-electron chi connectivity index (χ0n) is 20.7. The summed E-state index contributed by atoms with van der Waals surface area (Å²) in [6.07, 6.45) is 6.94. The van der Waals surface area contributed by atoms with Crippen LogP contribution in [0.3, 0.4) is 0 Å². The summed E-state index contributed by atoms with van der Waals surface area (Å²) in [5.74, 6) is 0.192. The minimum absolute atomic E-state index is 0.119. The molecule has 11 heteroatoms. The molecule has 37 heavy (non-hydrogen) atoms.